The zero-order valence-corrected chi connectivity index (χ0v) is 7.16. The third-order valence-electron chi connectivity index (χ3n) is 1.93. The van der Waals surface area contributed by atoms with Gasteiger partial charge in [0.1, 0.15) is 5.75 Å². The number of carboxylic acids is 1. The van der Waals surface area contributed by atoms with Crippen LogP contribution in [0.15, 0.2) is 18.2 Å². The number of fused-ring (bicyclic) bond motifs is 1. The lowest BCUT2D eigenvalue weighted by Crippen LogP contribution is -2.26. The van der Waals surface area contributed by atoms with Crippen molar-refractivity contribution in [3.05, 3.63) is 23.8 Å². The Morgan fingerprint density at radius 1 is 1.64 bits per heavy atom. The molecule has 4 nitrogen and oxygen atoms in total. The summed E-state index contributed by atoms with van der Waals surface area (Å²) in [6.45, 7) is 0.0378. The Morgan fingerprint density at radius 3 is 3.14 bits per heavy atom. The van der Waals surface area contributed by atoms with Gasteiger partial charge in [-0.15, -0.1) is 0 Å². The summed E-state index contributed by atoms with van der Waals surface area (Å²) in [6, 6.07) is 4.24. The number of anilines is 1. The number of halogens is 1. The Morgan fingerprint density at radius 2 is 2.43 bits per heavy atom. The van der Waals surface area contributed by atoms with Gasteiger partial charge in [-0.2, -0.15) is 4.39 Å². The molecule has 14 heavy (non-hydrogen) atoms. The highest BCUT2D eigenvalue weighted by Crippen LogP contribution is 2.30. The van der Waals surface area contributed by atoms with Crippen LogP contribution in [0.5, 0.6) is 5.75 Å². The van der Waals surface area contributed by atoms with E-state index in [9.17, 15) is 9.18 Å². The van der Waals surface area contributed by atoms with Crippen molar-refractivity contribution in [1.29, 1.82) is 0 Å². The molecule has 1 aliphatic rings. The van der Waals surface area contributed by atoms with Crippen LogP contribution in [0.2, 0.25) is 0 Å². The lowest BCUT2D eigenvalue weighted by atomic mass is 10.1. The molecule has 1 aromatic carbocycles. The van der Waals surface area contributed by atoms with E-state index in [1.165, 1.54) is 18.2 Å². The molecular weight excluding hydrogens is 189 g/mol. The summed E-state index contributed by atoms with van der Waals surface area (Å²) in [6.07, 6.45) is -1.38. The zero-order valence-electron chi connectivity index (χ0n) is 7.16. The number of alkyl halides is 1. The van der Waals surface area contributed by atoms with Crippen molar-refractivity contribution in [2.45, 2.75) is 6.36 Å². The molecule has 0 amide bonds. The minimum absolute atomic E-state index is 0.0378. The molecular formula is C9H8FNO3. The van der Waals surface area contributed by atoms with E-state index in [0.29, 0.717) is 11.4 Å². The van der Waals surface area contributed by atoms with Gasteiger partial charge in [0.05, 0.1) is 17.8 Å². The van der Waals surface area contributed by atoms with Gasteiger partial charge < -0.3 is 15.2 Å². The number of carbonyl (C=O) groups is 1. The first-order chi connectivity index (χ1) is 6.66. The summed E-state index contributed by atoms with van der Waals surface area (Å²) in [5.41, 5.74) is 0.663. The maximum atomic E-state index is 12.7. The lowest BCUT2D eigenvalue weighted by molar-refractivity contribution is 0.0695. The summed E-state index contributed by atoms with van der Waals surface area (Å²) in [4.78, 5) is 10.6. The van der Waals surface area contributed by atoms with Crippen LogP contribution in [0.4, 0.5) is 10.1 Å². The first kappa shape index (κ1) is 8.80. The average Bonchev–Trinajstić information content (AvgIpc) is 2.16. The largest absolute Gasteiger partial charge is 0.478 e. The molecule has 1 aromatic rings. The summed E-state index contributed by atoms with van der Waals surface area (Å²) in [5, 5.41) is 11.4. The quantitative estimate of drug-likeness (QED) is 0.716. The number of carboxylic acid groups (broad SMARTS) is 1. The van der Waals surface area contributed by atoms with Gasteiger partial charge in [0, 0.05) is 0 Å². The van der Waals surface area contributed by atoms with Gasteiger partial charge in [-0.3, -0.25) is 0 Å². The van der Waals surface area contributed by atoms with Crippen LogP contribution >= 0.6 is 0 Å². The Labute approximate surface area is 79.3 Å². The first-order valence-electron chi connectivity index (χ1n) is 4.09. The van der Waals surface area contributed by atoms with Gasteiger partial charge in [-0.05, 0) is 18.2 Å². The fourth-order valence-electron chi connectivity index (χ4n) is 1.27. The maximum Gasteiger partial charge on any atom is 0.335 e. The van der Waals surface area contributed by atoms with Crippen LogP contribution in [0.3, 0.4) is 0 Å². The molecule has 0 aromatic heterocycles. The highest BCUT2D eigenvalue weighted by Gasteiger charge is 2.19. The van der Waals surface area contributed by atoms with Crippen LogP contribution in [-0.4, -0.2) is 24.0 Å². The molecule has 0 saturated carbocycles. The van der Waals surface area contributed by atoms with Crippen LogP contribution in [0, 0.1) is 0 Å². The molecule has 74 valence electrons. The predicted molar refractivity (Wildman–Crippen MR) is 47.4 cm³/mol. The number of rotatable bonds is 1. The number of benzene rings is 1. The summed E-state index contributed by atoms with van der Waals surface area (Å²) in [5.74, 6) is -0.675. The third-order valence-corrected chi connectivity index (χ3v) is 1.93. The van der Waals surface area contributed by atoms with Crippen molar-refractivity contribution in [3.63, 3.8) is 0 Å². The van der Waals surface area contributed by atoms with Gasteiger partial charge in [-0.1, -0.05) is 0 Å². The van der Waals surface area contributed by atoms with E-state index in [2.05, 4.69) is 5.32 Å². The van der Waals surface area contributed by atoms with Crippen molar-refractivity contribution in [3.8, 4) is 5.75 Å². The Hall–Kier alpha value is -1.78. The summed E-state index contributed by atoms with van der Waals surface area (Å²) >= 11 is 0. The molecule has 1 heterocycles. The van der Waals surface area contributed by atoms with E-state index in [-0.39, 0.29) is 12.1 Å². The number of hydrogen-bond acceptors (Lipinski definition) is 3. The van der Waals surface area contributed by atoms with Crippen LogP contribution in [0.25, 0.3) is 0 Å². The van der Waals surface area contributed by atoms with E-state index in [0.717, 1.165) is 0 Å². The maximum absolute atomic E-state index is 12.7. The Kier molecular flexibility index (Phi) is 1.99. The molecule has 0 bridgehead atoms. The van der Waals surface area contributed by atoms with Crippen LogP contribution in [-0.2, 0) is 0 Å². The molecule has 0 radical (unpaired) electrons. The Balaban J connectivity index is 2.36. The Bertz CT molecular complexity index is 380. The normalized spacial score (nSPS) is 19.1. The third kappa shape index (κ3) is 1.48. The fourth-order valence-corrected chi connectivity index (χ4v) is 1.27. The SMILES string of the molecule is O=C(O)c1ccc2c(c1)NCC(F)O2. The van der Waals surface area contributed by atoms with Gasteiger partial charge in [0.2, 0.25) is 0 Å². The van der Waals surface area contributed by atoms with Crippen LogP contribution < -0.4 is 10.1 Å². The summed E-state index contributed by atoms with van der Waals surface area (Å²) < 4.78 is 17.6. The standard InChI is InChI=1S/C9H8FNO3/c10-8-4-11-6-3-5(9(12)13)1-2-7(6)14-8/h1-3,8,11H,4H2,(H,12,13). The molecule has 1 atom stereocenters. The lowest BCUT2D eigenvalue weighted by Gasteiger charge is -2.22. The second-order valence-electron chi connectivity index (χ2n) is 2.92. The minimum atomic E-state index is -1.38. The number of hydrogen-bond donors (Lipinski definition) is 2. The van der Waals surface area contributed by atoms with Gasteiger partial charge in [0.25, 0.3) is 6.36 Å². The van der Waals surface area contributed by atoms with Crippen molar-refractivity contribution in [2.24, 2.45) is 0 Å². The highest BCUT2D eigenvalue weighted by atomic mass is 19.1. The molecule has 0 fully saturated rings. The van der Waals surface area contributed by atoms with Crippen molar-refractivity contribution < 1.29 is 19.0 Å². The minimum Gasteiger partial charge on any atom is -0.478 e. The first-order valence-corrected chi connectivity index (χ1v) is 4.09. The van der Waals surface area contributed by atoms with Crippen molar-refractivity contribution in [1.82, 2.24) is 0 Å². The molecule has 0 saturated heterocycles. The monoisotopic (exact) mass is 197 g/mol. The van der Waals surface area contributed by atoms with E-state index in [1.54, 1.807) is 0 Å². The number of ether oxygens (including phenoxy) is 1. The topological polar surface area (TPSA) is 58.6 Å². The number of aromatic carboxylic acids is 1. The van der Waals surface area contributed by atoms with Gasteiger partial charge in [-0.25, -0.2) is 4.79 Å². The smallest absolute Gasteiger partial charge is 0.335 e. The molecule has 2 rings (SSSR count). The predicted octanol–water partition coefficient (Wildman–Crippen LogP) is 1.48. The molecule has 1 aliphatic heterocycles. The second kappa shape index (κ2) is 3.17. The van der Waals surface area contributed by atoms with E-state index in [1.807, 2.05) is 0 Å². The highest BCUT2D eigenvalue weighted by molar-refractivity contribution is 5.89. The van der Waals surface area contributed by atoms with E-state index in [4.69, 9.17) is 9.84 Å². The zero-order chi connectivity index (χ0) is 10.1. The molecule has 1 unspecified atom stereocenters. The molecule has 0 aliphatic carbocycles. The summed E-state index contributed by atoms with van der Waals surface area (Å²) in [7, 11) is 0. The van der Waals surface area contributed by atoms with Crippen molar-refractivity contribution in [2.75, 3.05) is 11.9 Å². The fraction of sp³-hybridized carbons (Fsp3) is 0.222. The van der Waals surface area contributed by atoms with Gasteiger partial charge >= 0.3 is 5.97 Å². The second-order valence-corrected chi connectivity index (χ2v) is 2.92. The molecule has 0 spiro atoms. The molecule has 2 N–H and O–H groups in total. The van der Waals surface area contributed by atoms with Gasteiger partial charge in [0.15, 0.2) is 0 Å². The van der Waals surface area contributed by atoms with E-state index < -0.39 is 12.3 Å². The van der Waals surface area contributed by atoms with E-state index >= 15 is 0 Å². The van der Waals surface area contributed by atoms with Crippen LogP contribution in [0.1, 0.15) is 10.4 Å². The van der Waals surface area contributed by atoms with Crippen molar-refractivity contribution >= 4 is 11.7 Å². The molecule has 5 heteroatoms. The average molecular weight is 197 g/mol. The number of nitrogens with one attached hydrogen (secondary N) is 1.